The summed E-state index contributed by atoms with van der Waals surface area (Å²) in [6.07, 6.45) is 1.85. The molecule has 1 aromatic heterocycles. The normalized spacial score (nSPS) is 16.8. The first-order chi connectivity index (χ1) is 9.93. The molecule has 1 aliphatic rings. The van der Waals surface area contributed by atoms with E-state index in [1.807, 2.05) is 6.92 Å². The molecule has 1 aliphatic heterocycles. The van der Waals surface area contributed by atoms with Crippen molar-refractivity contribution in [2.24, 2.45) is 0 Å². The number of benzene rings is 1. The van der Waals surface area contributed by atoms with Crippen LogP contribution in [0.2, 0.25) is 0 Å². The molecule has 2 heterocycles. The maximum absolute atomic E-state index is 11.7. The second-order valence-electron chi connectivity index (χ2n) is 5.28. The Bertz CT molecular complexity index is 779. The Balaban J connectivity index is 2.12. The summed E-state index contributed by atoms with van der Waals surface area (Å²) >= 11 is 0. The Kier molecular flexibility index (Phi) is 2.91. The van der Waals surface area contributed by atoms with Crippen molar-refractivity contribution in [3.8, 4) is 0 Å². The number of H-pyrrole nitrogens is 1. The number of nitro benzene ring substituents is 1. The number of β-amino-alcohol motifs (C(OH)–C–C–N with tert-alkyl or cyclic N) is 1. The number of rotatable bonds is 3. The number of anilines is 1. The van der Waals surface area contributed by atoms with Crippen LogP contribution < -0.4 is 10.5 Å². The van der Waals surface area contributed by atoms with Gasteiger partial charge in [0.15, 0.2) is 0 Å². The van der Waals surface area contributed by atoms with Gasteiger partial charge < -0.3 is 15.0 Å². The lowest BCUT2D eigenvalue weighted by Gasteiger charge is -2.47. The van der Waals surface area contributed by atoms with E-state index in [0.717, 1.165) is 0 Å². The zero-order valence-corrected chi connectivity index (χ0v) is 11.4. The third-order valence-electron chi connectivity index (χ3n) is 3.90. The van der Waals surface area contributed by atoms with Gasteiger partial charge in [-0.05, 0) is 12.5 Å². The van der Waals surface area contributed by atoms with E-state index in [1.54, 1.807) is 4.90 Å². The van der Waals surface area contributed by atoms with Crippen LogP contribution in [-0.2, 0) is 0 Å². The lowest BCUT2D eigenvalue weighted by atomic mass is 9.90. The zero-order valence-electron chi connectivity index (χ0n) is 11.4. The first kappa shape index (κ1) is 13.5. The molecule has 8 nitrogen and oxygen atoms in total. The predicted molar refractivity (Wildman–Crippen MR) is 76.5 cm³/mol. The molecule has 0 unspecified atom stereocenters. The average molecular weight is 290 g/mol. The van der Waals surface area contributed by atoms with Crippen molar-refractivity contribution in [3.63, 3.8) is 0 Å². The van der Waals surface area contributed by atoms with Crippen molar-refractivity contribution < 1.29 is 10.0 Å². The van der Waals surface area contributed by atoms with Gasteiger partial charge in [-0.15, -0.1) is 0 Å². The fourth-order valence-electron chi connectivity index (χ4n) is 2.55. The Labute approximate surface area is 119 Å². The molecule has 0 saturated carbocycles. The fourth-order valence-corrected chi connectivity index (χ4v) is 2.55. The van der Waals surface area contributed by atoms with E-state index < -0.39 is 16.1 Å². The molecule has 0 atom stereocenters. The first-order valence-electron chi connectivity index (χ1n) is 6.57. The van der Waals surface area contributed by atoms with Gasteiger partial charge >= 0.3 is 0 Å². The standard InChI is InChI=1S/C13H14N4O4/c1-2-13(19)5-16(6-13)10-4-9-8(3-11(10)17(20)21)12(18)15-7-14-9/h3-4,7,19H,2,5-6H2,1H3,(H,14,15,18). The number of hydrogen-bond donors (Lipinski definition) is 2. The van der Waals surface area contributed by atoms with Crippen LogP contribution in [0.25, 0.3) is 10.9 Å². The van der Waals surface area contributed by atoms with E-state index >= 15 is 0 Å². The molecule has 0 bridgehead atoms. The number of nitrogens with zero attached hydrogens (tertiary/aromatic N) is 3. The van der Waals surface area contributed by atoms with E-state index in [4.69, 9.17) is 0 Å². The Morgan fingerprint density at radius 2 is 2.24 bits per heavy atom. The number of aliphatic hydroxyl groups is 1. The van der Waals surface area contributed by atoms with Crippen LogP contribution in [0, 0.1) is 10.1 Å². The summed E-state index contributed by atoms with van der Waals surface area (Å²) in [7, 11) is 0. The van der Waals surface area contributed by atoms with Gasteiger partial charge in [-0.1, -0.05) is 6.92 Å². The van der Waals surface area contributed by atoms with Gasteiger partial charge in [0.2, 0.25) is 0 Å². The van der Waals surface area contributed by atoms with Crippen molar-refractivity contribution in [2.45, 2.75) is 18.9 Å². The Morgan fingerprint density at radius 1 is 1.52 bits per heavy atom. The van der Waals surface area contributed by atoms with E-state index in [0.29, 0.717) is 30.7 Å². The predicted octanol–water partition coefficient (Wildman–Crippen LogP) is 0.792. The lowest BCUT2D eigenvalue weighted by molar-refractivity contribution is -0.384. The quantitative estimate of drug-likeness (QED) is 0.638. The minimum absolute atomic E-state index is 0.154. The molecule has 0 radical (unpaired) electrons. The van der Waals surface area contributed by atoms with E-state index in [2.05, 4.69) is 9.97 Å². The number of fused-ring (bicyclic) bond motifs is 1. The summed E-state index contributed by atoms with van der Waals surface area (Å²) in [4.78, 5) is 30.6. The second-order valence-corrected chi connectivity index (χ2v) is 5.28. The van der Waals surface area contributed by atoms with Gasteiger partial charge in [0.1, 0.15) is 5.69 Å². The molecule has 2 N–H and O–H groups in total. The smallest absolute Gasteiger partial charge is 0.293 e. The molecule has 2 aromatic rings. The minimum Gasteiger partial charge on any atom is -0.386 e. The number of hydrogen-bond acceptors (Lipinski definition) is 6. The average Bonchev–Trinajstić information content (AvgIpc) is 2.43. The van der Waals surface area contributed by atoms with Crippen LogP contribution in [0.5, 0.6) is 0 Å². The SMILES string of the molecule is CCC1(O)CN(c2cc3nc[nH]c(=O)c3cc2[N+](=O)[O-])C1. The second kappa shape index (κ2) is 4.52. The molecular weight excluding hydrogens is 276 g/mol. The third kappa shape index (κ3) is 2.13. The fraction of sp³-hybridized carbons (Fsp3) is 0.385. The summed E-state index contributed by atoms with van der Waals surface area (Å²) in [5, 5.41) is 21.5. The van der Waals surface area contributed by atoms with Gasteiger partial charge in [0.25, 0.3) is 11.2 Å². The molecular formula is C13H14N4O4. The largest absolute Gasteiger partial charge is 0.386 e. The van der Waals surface area contributed by atoms with Crippen molar-refractivity contribution in [1.29, 1.82) is 0 Å². The molecule has 0 aliphatic carbocycles. The van der Waals surface area contributed by atoms with Gasteiger partial charge in [-0.2, -0.15) is 0 Å². The highest BCUT2D eigenvalue weighted by Gasteiger charge is 2.41. The van der Waals surface area contributed by atoms with Gasteiger partial charge in [0.05, 0.1) is 27.8 Å². The first-order valence-corrected chi connectivity index (χ1v) is 6.57. The number of aromatic amines is 1. The minimum atomic E-state index is -0.801. The highest BCUT2D eigenvalue weighted by molar-refractivity contribution is 5.87. The van der Waals surface area contributed by atoms with E-state index in [-0.39, 0.29) is 11.1 Å². The van der Waals surface area contributed by atoms with E-state index in [1.165, 1.54) is 18.5 Å². The number of aromatic nitrogens is 2. The van der Waals surface area contributed by atoms with Crippen molar-refractivity contribution in [2.75, 3.05) is 18.0 Å². The number of nitrogens with one attached hydrogen (secondary N) is 1. The summed E-state index contributed by atoms with van der Waals surface area (Å²) < 4.78 is 0. The Hall–Kier alpha value is -2.48. The monoisotopic (exact) mass is 290 g/mol. The van der Waals surface area contributed by atoms with Crippen LogP contribution in [0.4, 0.5) is 11.4 Å². The maximum atomic E-state index is 11.7. The van der Waals surface area contributed by atoms with Crippen molar-refractivity contribution >= 4 is 22.3 Å². The molecule has 3 rings (SSSR count). The lowest BCUT2D eigenvalue weighted by Crippen LogP contribution is -2.61. The van der Waals surface area contributed by atoms with E-state index in [9.17, 15) is 20.0 Å². The van der Waals surface area contributed by atoms with Crippen LogP contribution >= 0.6 is 0 Å². The summed E-state index contributed by atoms with van der Waals surface area (Å²) in [5.41, 5.74) is -0.595. The topological polar surface area (TPSA) is 112 Å². The van der Waals surface area contributed by atoms with Gasteiger partial charge in [-0.3, -0.25) is 14.9 Å². The molecule has 21 heavy (non-hydrogen) atoms. The summed E-state index contributed by atoms with van der Waals surface area (Å²) in [5.74, 6) is 0. The third-order valence-corrected chi connectivity index (χ3v) is 3.90. The highest BCUT2D eigenvalue weighted by atomic mass is 16.6. The van der Waals surface area contributed by atoms with Crippen LogP contribution in [0.1, 0.15) is 13.3 Å². The van der Waals surface area contributed by atoms with Crippen LogP contribution in [-0.4, -0.2) is 38.7 Å². The molecule has 110 valence electrons. The summed E-state index contributed by atoms with van der Waals surface area (Å²) in [6, 6.07) is 2.76. The Morgan fingerprint density at radius 3 is 2.86 bits per heavy atom. The maximum Gasteiger partial charge on any atom is 0.293 e. The van der Waals surface area contributed by atoms with Crippen molar-refractivity contribution in [1.82, 2.24) is 9.97 Å². The molecule has 1 aromatic carbocycles. The van der Waals surface area contributed by atoms with Crippen molar-refractivity contribution in [3.05, 3.63) is 38.9 Å². The van der Waals surface area contributed by atoms with Crippen LogP contribution in [0.15, 0.2) is 23.3 Å². The van der Waals surface area contributed by atoms with Gasteiger partial charge in [0, 0.05) is 19.2 Å². The molecule has 1 fully saturated rings. The summed E-state index contributed by atoms with van der Waals surface area (Å²) in [6.45, 7) is 2.53. The molecule has 0 spiro atoms. The highest BCUT2D eigenvalue weighted by Crippen LogP contribution is 2.37. The number of nitro groups is 1. The molecule has 8 heteroatoms. The molecule has 0 amide bonds. The van der Waals surface area contributed by atoms with Crippen LogP contribution in [0.3, 0.4) is 0 Å². The van der Waals surface area contributed by atoms with Gasteiger partial charge in [-0.25, -0.2) is 4.98 Å². The zero-order chi connectivity index (χ0) is 15.2. The molecule has 1 saturated heterocycles.